The van der Waals surface area contributed by atoms with Crippen LogP contribution in [0.15, 0.2) is 30.5 Å². The Morgan fingerprint density at radius 3 is 2.59 bits per heavy atom. The zero-order valence-electron chi connectivity index (χ0n) is 14.9. The van der Waals surface area contributed by atoms with Crippen LogP contribution in [-0.2, 0) is 14.4 Å². The molecule has 1 aliphatic heterocycles. The first kappa shape index (κ1) is 18.0. The molecule has 2 fully saturated rings. The molecule has 142 valence electrons. The maximum Gasteiger partial charge on any atom is 0.248 e. The monoisotopic (exact) mass is 387 g/mol. The summed E-state index contributed by atoms with van der Waals surface area (Å²) in [6, 6.07) is 2.07. The molecule has 2 N–H and O–H groups in total. The average molecular weight is 387 g/mol. The fraction of sp³-hybridized carbons (Fsp3) is 0.474. The second-order valence-corrected chi connectivity index (χ2v) is 8.19. The Morgan fingerprint density at radius 1 is 1.33 bits per heavy atom. The maximum atomic E-state index is 13.0. The molecule has 27 heavy (non-hydrogen) atoms. The van der Waals surface area contributed by atoms with E-state index >= 15 is 0 Å². The molecular weight excluding hydrogens is 366 g/mol. The molecule has 2 heterocycles. The summed E-state index contributed by atoms with van der Waals surface area (Å²) < 4.78 is 0. The van der Waals surface area contributed by atoms with E-state index in [2.05, 4.69) is 10.3 Å². The quantitative estimate of drug-likeness (QED) is 0.569. The van der Waals surface area contributed by atoms with E-state index in [1.165, 1.54) is 17.2 Å². The number of fused-ring (bicyclic) bond motifs is 5. The summed E-state index contributed by atoms with van der Waals surface area (Å²) in [5.41, 5.74) is 0. The maximum absolute atomic E-state index is 13.0. The highest BCUT2D eigenvalue weighted by molar-refractivity contribution is 7.98. The molecule has 4 rings (SSSR count). The lowest BCUT2D eigenvalue weighted by molar-refractivity contribution is -0.147. The molecule has 0 aromatic carbocycles. The predicted molar refractivity (Wildman–Crippen MR) is 101 cm³/mol. The summed E-state index contributed by atoms with van der Waals surface area (Å²) in [5, 5.41) is 12.4. The number of hydrogen-bond acceptors (Lipinski definition) is 6. The molecular formula is C19H21N3O4S. The number of allylic oxidation sites excluding steroid dienone is 2. The van der Waals surface area contributed by atoms with Crippen LogP contribution >= 0.6 is 11.8 Å². The minimum Gasteiger partial charge on any atom is -0.504 e. The second kappa shape index (κ2) is 6.99. The Hall–Kier alpha value is -2.35. The lowest BCUT2D eigenvalue weighted by Crippen LogP contribution is -2.48. The number of pyridine rings is 1. The number of amides is 3. The van der Waals surface area contributed by atoms with Gasteiger partial charge in [-0.25, -0.2) is 4.98 Å². The van der Waals surface area contributed by atoms with Crippen molar-refractivity contribution in [3.63, 3.8) is 0 Å². The van der Waals surface area contributed by atoms with Crippen LogP contribution in [0.3, 0.4) is 0 Å². The lowest BCUT2D eigenvalue weighted by atomic mass is 9.85. The number of aromatic nitrogens is 1. The third kappa shape index (κ3) is 2.92. The van der Waals surface area contributed by atoms with Crippen LogP contribution in [0.5, 0.6) is 5.75 Å². The molecule has 2 bridgehead atoms. The van der Waals surface area contributed by atoms with Crippen LogP contribution in [-0.4, -0.2) is 50.8 Å². The second-order valence-electron chi connectivity index (χ2n) is 7.20. The molecule has 2 aliphatic carbocycles. The van der Waals surface area contributed by atoms with Gasteiger partial charge < -0.3 is 10.4 Å². The molecule has 5 atom stereocenters. The first-order valence-corrected chi connectivity index (χ1v) is 10.4. The molecule has 0 spiro atoms. The molecule has 8 heteroatoms. The number of thioether (sulfide) groups is 1. The third-order valence-electron chi connectivity index (χ3n) is 5.74. The van der Waals surface area contributed by atoms with Crippen molar-refractivity contribution in [2.24, 2.45) is 23.7 Å². The summed E-state index contributed by atoms with van der Waals surface area (Å²) in [4.78, 5) is 44.1. The Kier molecular flexibility index (Phi) is 4.67. The topological polar surface area (TPSA) is 99.6 Å². The van der Waals surface area contributed by atoms with Crippen molar-refractivity contribution in [3.8, 4) is 5.75 Å². The van der Waals surface area contributed by atoms with Crippen molar-refractivity contribution in [1.29, 1.82) is 0 Å². The van der Waals surface area contributed by atoms with Gasteiger partial charge in [-0.1, -0.05) is 12.2 Å². The number of anilines is 1. The number of likely N-dealkylation sites (tertiary alicyclic amines) is 1. The zero-order chi connectivity index (χ0) is 19.1. The van der Waals surface area contributed by atoms with Crippen molar-refractivity contribution in [1.82, 2.24) is 9.88 Å². The van der Waals surface area contributed by atoms with Gasteiger partial charge in [0.05, 0.1) is 11.8 Å². The van der Waals surface area contributed by atoms with Gasteiger partial charge in [-0.15, -0.1) is 0 Å². The van der Waals surface area contributed by atoms with E-state index in [9.17, 15) is 19.5 Å². The summed E-state index contributed by atoms with van der Waals surface area (Å²) in [6.07, 6.45) is 8.63. The van der Waals surface area contributed by atoms with Gasteiger partial charge in [-0.3, -0.25) is 19.3 Å². The summed E-state index contributed by atoms with van der Waals surface area (Å²) in [6.45, 7) is 0. The average Bonchev–Trinajstić information content (AvgIpc) is 3.33. The van der Waals surface area contributed by atoms with Gasteiger partial charge in [0.15, 0.2) is 11.6 Å². The van der Waals surface area contributed by atoms with Crippen molar-refractivity contribution >= 4 is 35.3 Å². The number of nitrogens with one attached hydrogen (secondary N) is 1. The molecule has 1 aromatic heterocycles. The van der Waals surface area contributed by atoms with Crippen molar-refractivity contribution in [3.05, 3.63) is 30.5 Å². The standard InChI is InChI=1S/C19H21N3O4S/c1-27-8-6-12(17(24)21-16-13(23)3-2-7-20-16)22-18(25)14-10-4-5-11(9-10)15(14)19(22)26/h2-5,7,10-12,14-15,23H,6,8-9H2,1H3,(H,20,21,24). The molecule has 1 saturated heterocycles. The van der Waals surface area contributed by atoms with E-state index in [4.69, 9.17) is 0 Å². The molecule has 5 unspecified atom stereocenters. The fourth-order valence-electron chi connectivity index (χ4n) is 4.53. The smallest absolute Gasteiger partial charge is 0.248 e. The van der Waals surface area contributed by atoms with E-state index in [-0.39, 0.29) is 47.1 Å². The molecule has 7 nitrogen and oxygen atoms in total. The van der Waals surface area contributed by atoms with Crippen LogP contribution in [0.2, 0.25) is 0 Å². The first-order valence-electron chi connectivity index (χ1n) is 9.02. The van der Waals surface area contributed by atoms with E-state index in [1.54, 1.807) is 17.8 Å². The SMILES string of the molecule is CSCCC(C(=O)Nc1ncccc1O)N1C(=O)C2C3C=CC(C3)C2C1=O. The van der Waals surface area contributed by atoms with Crippen molar-refractivity contribution in [2.45, 2.75) is 18.9 Å². The summed E-state index contributed by atoms with van der Waals surface area (Å²) >= 11 is 1.55. The van der Waals surface area contributed by atoms with Crippen LogP contribution < -0.4 is 5.32 Å². The van der Waals surface area contributed by atoms with Gasteiger partial charge in [0.1, 0.15) is 6.04 Å². The normalized spacial score (nSPS) is 29.3. The predicted octanol–water partition coefficient (Wildman–Crippen LogP) is 1.65. The van der Waals surface area contributed by atoms with Gasteiger partial charge >= 0.3 is 0 Å². The summed E-state index contributed by atoms with van der Waals surface area (Å²) in [5.74, 6) is -0.951. The Balaban J connectivity index is 1.59. The Bertz CT molecular complexity index is 797. The van der Waals surface area contributed by atoms with Crippen LogP contribution in [0.1, 0.15) is 12.8 Å². The van der Waals surface area contributed by atoms with Crippen molar-refractivity contribution in [2.75, 3.05) is 17.3 Å². The van der Waals surface area contributed by atoms with Crippen LogP contribution in [0, 0.1) is 23.7 Å². The van der Waals surface area contributed by atoms with E-state index in [1.807, 2.05) is 18.4 Å². The number of carbonyl (C=O) groups excluding carboxylic acids is 3. The van der Waals surface area contributed by atoms with Gasteiger partial charge in [0, 0.05) is 6.20 Å². The summed E-state index contributed by atoms with van der Waals surface area (Å²) in [7, 11) is 0. The Labute approximate surface area is 161 Å². The molecule has 1 aromatic rings. The zero-order valence-corrected chi connectivity index (χ0v) is 15.7. The number of hydrogen-bond donors (Lipinski definition) is 2. The van der Waals surface area contributed by atoms with Gasteiger partial charge in [-0.2, -0.15) is 11.8 Å². The van der Waals surface area contributed by atoms with Gasteiger partial charge in [0.2, 0.25) is 17.7 Å². The van der Waals surface area contributed by atoms with Crippen LogP contribution in [0.4, 0.5) is 5.82 Å². The van der Waals surface area contributed by atoms with Crippen LogP contribution in [0.25, 0.3) is 0 Å². The van der Waals surface area contributed by atoms with E-state index < -0.39 is 11.9 Å². The van der Waals surface area contributed by atoms with Gasteiger partial charge in [-0.05, 0) is 48.8 Å². The number of imide groups is 1. The number of carbonyl (C=O) groups is 3. The van der Waals surface area contributed by atoms with E-state index in [0.29, 0.717) is 12.2 Å². The molecule has 3 amide bonds. The fourth-order valence-corrected chi connectivity index (χ4v) is 4.99. The van der Waals surface area contributed by atoms with Gasteiger partial charge in [0.25, 0.3) is 0 Å². The third-order valence-corrected chi connectivity index (χ3v) is 6.39. The first-order chi connectivity index (χ1) is 13.0. The minimum atomic E-state index is -0.899. The van der Waals surface area contributed by atoms with Crippen molar-refractivity contribution < 1.29 is 19.5 Å². The molecule has 0 radical (unpaired) electrons. The Morgan fingerprint density at radius 2 is 2.00 bits per heavy atom. The highest BCUT2D eigenvalue weighted by Crippen LogP contribution is 2.53. The minimum absolute atomic E-state index is 0.0256. The highest BCUT2D eigenvalue weighted by Gasteiger charge is 2.61. The lowest BCUT2D eigenvalue weighted by Gasteiger charge is -2.26. The van der Waals surface area contributed by atoms with E-state index in [0.717, 1.165) is 6.42 Å². The molecule has 1 saturated carbocycles. The molecule has 3 aliphatic rings. The largest absolute Gasteiger partial charge is 0.504 e. The number of rotatable bonds is 6. The number of aromatic hydroxyl groups is 1. The highest BCUT2D eigenvalue weighted by atomic mass is 32.2. The number of nitrogens with zero attached hydrogens (tertiary/aromatic N) is 2.